The Morgan fingerprint density at radius 2 is 2.00 bits per heavy atom. The van der Waals surface area contributed by atoms with Crippen LogP contribution in [0.2, 0.25) is 0 Å². The van der Waals surface area contributed by atoms with E-state index in [1.54, 1.807) is 7.11 Å². The molecule has 0 aliphatic carbocycles. The first-order valence-corrected chi connectivity index (χ1v) is 6.93. The summed E-state index contributed by atoms with van der Waals surface area (Å²) >= 11 is 0. The maximum atomic E-state index is 12.0. The van der Waals surface area contributed by atoms with E-state index in [4.69, 9.17) is 15.2 Å². The minimum atomic E-state index is -0.351. The van der Waals surface area contributed by atoms with Gasteiger partial charge in [0.05, 0.1) is 12.7 Å². The van der Waals surface area contributed by atoms with Crippen LogP contribution in [-0.4, -0.2) is 31.8 Å². The maximum absolute atomic E-state index is 12.0. The smallest absolute Gasteiger partial charge is 0.249 e. The predicted octanol–water partition coefficient (Wildman–Crippen LogP) is 1.38. The van der Waals surface area contributed by atoms with Crippen LogP contribution in [0.4, 0.5) is 0 Å². The van der Waals surface area contributed by atoms with E-state index in [9.17, 15) is 4.79 Å². The molecule has 0 radical (unpaired) electrons. The molecule has 1 heterocycles. The predicted molar refractivity (Wildman–Crippen MR) is 83.2 cm³/mol. The molecule has 1 aromatic carbocycles. The molecular weight excluding hydrogens is 292 g/mol. The molecule has 2 rings (SSSR count). The van der Waals surface area contributed by atoms with Crippen LogP contribution in [0.5, 0.6) is 0 Å². The second-order valence-corrected chi connectivity index (χ2v) is 5.03. The van der Waals surface area contributed by atoms with E-state index >= 15 is 0 Å². The number of ether oxygens (including phenoxy) is 2. The van der Waals surface area contributed by atoms with Crippen LogP contribution in [0.25, 0.3) is 0 Å². The van der Waals surface area contributed by atoms with E-state index < -0.39 is 0 Å². The Kier molecular flexibility index (Phi) is 7.67. The van der Waals surface area contributed by atoms with E-state index in [2.05, 4.69) is 5.32 Å². The van der Waals surface area contributed by atoms with E-state index in [0.29, 0.717) is 19.7 Å². The number of nitrogens with two attached hydrogens (primary N) is 1. The molecule has 3 N–H and O–H groups in total. The molecule has 0 bridgehead atoms. The highest BCUT2D eigenvalue weighted by Gasteiger charge is 2.29. The lowest BCUT2D eigenvalue weighted by molar-refractivity contribution is -0.132. The molecule has 2 atom stereocenters. The number of hydrogen-bond acceptors (Lipinski definition) is 4. The first kappa shape index (κ1) is 17.9. The van der Waals surface area contributed by atoms with Gasteiger partial charge in [0.25, 0.3) is 0 Å². The average molecular weight is 315 g/mol. The summed E-state index contributed by atoms with van der Waals surface area (Å²) in [6.07, 6.45) is 1.29. The van der Waals surface area contributed by atoms with Crippen LogP contribution >= 0.6 is 12.4 Å². The van der Waals surface area contributed by atoms with Crippen molar-refractivity contribution in [2.24, 2.45) is 5.73 Å². The number of rotatable bonds is 6. The molecule has 1 fully saturated rings. The number of halogens is 1. The zero-order chi connectivity index (χ0) is 14.4. The minimum Gasteiger partial charge on any atom is -0.380 e. The molecule has 0 unspecified atom stereocenters. The van der Waals surface area contributed by atoms with Crippen LogP contribution in [0.15, 0.2) is 24.3 Å². The number of methoxy groups -OCH3 is 1. The van der Waals surface area contributed by atoms with E-state index in [-0.39, 0.29) is 30.5 Å². The zero-order valence-electron chi connectivity index (χ0n) is 12.2. The fraction of sp³-hybridized carbons (Fsp3) is 0.533. The molecule has 1 aromatic rings. The van der Waals surface area contributed by atoms with Crippen molar-refractivity contribution < 1.29 is 14.3 Å². The third-order valence-corrected chi connectivity index (χ3v) is 3.46. The lowest BCUT2D eigenvalue weighted by atomic mass is 10.1. The Labute approximate surface area is 131 Å². The van der Waals surface area contributed by atoms with Gasteiger partial charge in [0, 0.05) is 20.2 Å². The number of benzene rings is 1. The molecule has 0 spiro atoms. The van der Waals surface area contributed by atoms with Crippen molar-refractivity contribution in [2.45, 2.75) is 38.2 Å². The van der Waals surface area contributed by atoms with E-state index in [1.807, 2.05) is 24.3 Å². The lowest BCUT2D eigenvalue weighted by Gasteiger charge is -2.13. The second kappa shape index (κ2) is 9.00. The van der Waals surface area contributed by atoms with Gasteiger partial charge in [0.2, 0.25) is 5.91 Å². The zero-order valence-corrected chi connectivity index (χ0v) is 13.0. The summed E-state index contributed by atoms with van der Waals surface area (Å²) in [6.45, 7) is 1.59. The van der Waals surface area contributed by atoms with Gasteiger partial charge in [-0.2, -0.15) is 0 Å². The Hall–Kier alpha value is -1.14. The van der Waals surface area contributed by atoms with E-state index in [1.165, 1.54) is 0 Å². The first-order valence-electron chi connectivity index (χ1n) is 6.93. The average Bonchev–Trinajstić information content (AvgIpc) is 2.95. The van der Waals surface area contributed by atoms with Gasteiger partial charge in [-0.1, -0.05) is 24.3 Å². The van der Waals surface area contributed by atoms with Gasteiger partial charge in [-0.25, -0.2) is 0 Å². The number of carbonyl (C=O) groups is 1. The maximum Gasteiger partial charge on any atom is 0.249 e. The van der Waals surface area contributed by atoms with Crippen molar-refractivity contribution in [3.63, 3.8) is 0 Å². The van der Waals surface area contributed by atoms with Gasteiger partial charge in [-0.3, -0.25) is 4.79 Å². The lowest BCUT2D eigenvalue weighted by Crippen LogP contribution is -2.35. The quantitative estimate of drug-likeness (QED) is 0.832. The van der Waals surface area contributed by atoms with Gasteiger partial charge >= 0.3 is 0 Å². The van der Waals surface area contributed by atoms with Gasteiger partial charge in [0.15, 0.2) is 0 Å². The molecular formula is C15H23ClN2O3. The van der Waals surface area contributed by atoms with Crippen molar-refractivity contribution in [1.29, 1.82) is 0 Å². The fourth-order valence-electron chi connectivity index (χ4n) is 2.29. The molecule has 0 saturated carbocycles. The largest absolute Gasteiger partial charge is 0.380 e. The third-order valence-electron chi connectivity index (χ3n) is 3.46. The number of carbonyl (C=O) groups excluding carboxylic acids is 1. The summed E-state index contributed by atoms with van der Waals surface area (Å²) < 4.78 is 10.6. The molecule has 1 amide bonds. The molecule has 21 heavy (non-hydrogen) atoms. The number of amides is 1. The summed E-state index contributed by atoms with van der Waals surface area (Å²) in [4.78, 5) is 12.0. The summed E-state index contributed by atoms with van der Waals surface area (Å²) in [5, 5.41) is 2.90. The van der Waals surface area contributed by atoms with Crippen LogP contribution in [-0.2, 0) is 27.4 Å². The highest BCUT2D eigenvalue weighted by Crippen LogP contribution is 2.19. The van der Waals surface area contributed by atoms with Crippen molar-refractivity contribution >= 4 is 18.3 Å². The van der Waals surface area contributed by atoms with Crippen LogP contribution in [0.1, 0.15) is 24.0 Å². The minimum absolute atomic E-state index is 0. The topological polar surface area (TPSA) is 73.6 Å². The highest BCUT2D eigenvalue weighted by molar-refractivity contribution is 5.85. The molecule has 1 aliphatic heterocycles. The van der Waals surface area contributed by atoms with Crippen molar-refractivity contribution in [1.82, 2.24) is 5.32 Å². The summed E-state index contributed by atoms with van der Waals surface area (Å²) in [7, 11) is 1.67. The molecule has 6 heteroatoms. The van der Waals surface area contributed by atoms with Crippen LogP contribution < -0.4 is 11.1 Å². The summed E-state index contributed by atoms with van der Waals surface area (Å²) in [6, 6.07) is 7.99. The fourth-order valence-corrected chi connectivity index (χ4v) is 2.29. The summed E-state index contributed by atoms with van der Waals surface area (Å²) in [5.74, 6) is -0.0538. The molecule has 1 saturated heterocycles. The molecule has 0 aromatic heterocycles. The van der Waals surface area contributed by atoms with Gasteiger partial charge in [0.1, 0.15) is 6.10 Å². The van der Waals surface area contributed by atoms with Gasteiger partial charge in [-0.15, -0.1) is 12.4 Å². The first-order chi connectivity index (χ1) is 9.72. The Morgan fingerprint density at radius 3 is 2.57 bits per heavy atom. The molecule has 1 aliphatic rings. The number of hydrogen-bond donors (Lipinski definition) is 2. The summed E-state index contributed by atoms with van der Waals surface area (Å²) in [5.41, 5.74) is 7.71. The third kappa shape index (κ3) is 5.28. The molecule has 5 nitrogen and oxygen atoms in total. The standard InChI is InChI=1S/C15H22N2O3.ClH/c1-19-10-12-4-2-11(3-5-12)9-17-15(18)14-7-6-13(8-16)20-14;/h2-5,13-14H,6-10,16H2,1H3,(H,17,18);1H/t13-,14+;/m1./s1. The Bertz CT molecular complexity index is 439. The van der Waals surface area contributed by atoms with Gasteiger partial charge in [-0.05, 0) is 24.0 Å². The Balaban J connectivity index is 0.00000220. The monoisotopic (exact) mass is 314 g/mol. The number of nitrogens with one attached hydrogen (secondary N) is 1. The van der Waals surface area contributed by atoms with Crippen LogP contribution in [0, 0.1) is 0 Å². The van der Waals surface area contributed by atoms with E-state index in [0.717, 1.165) is 24.0 Å². The van der Waals surface area contributed by atoms with Crippen molar-refractivity contribution in [2.75, 3.05) is 13.7 Å². The van der Waals surface area contributed by atoms with Crippen molar-refractivity contribution in [3.05, 3.63) is 35.4 Å². The second-order valence-electron chi connectivity index (χ2n) is 5.03. The Morgan fingerprint density at radius 1 is 1.33 bits per heavy atom. The highest BCUT2D eigenvalue weighted by atomic mass is 35.5. The molecule has 118 valence electrons. The van der Waals surface area contributed by atoms with Crippen LogP contribution in [0.3, 0.4) is 0 Å². The SMILES string of the molecule is COCc1ccc(CNC(=O)[C@@H]2CC[C@H](CN)O2)cc1.Cl. The van der Waals surface area contributed by atoms with Gasteiger partial charge < -0.3 is 20.5 Å². The normalized spacial score (nSPS) is 20.9. The van der Waals surface area contributed by atoms with Crippen molar-refractivity contribution in [3.8, 4) is 0 Å².